The topological polar surface area (TPSA) is 56.2 Å². The molecule has 1 atom stereocenters. The molecule has 18 heavy (non-hydrogen) atoms. The molecule has 1 rings (SSSR count). The first-order valence-corrected chi connectivity index (χ1v) is 6.23. The van der Waals surface area contributed by atoms with Crippen LogP contribution >= 0.6 is 0 Å². The van der Waals surface area contributed by atoms with Crippen LogP contribution in [0.15, 0.2) is 12.3 Å². The number of carbonyl (C=O) groups excluding carboxylic acids is 1. The van der Waals surface area contributed by atoms with Gasteiger partial charge in [-0.1, -0.05) is 0 Å². The number of carbonyl (C=O) groups is 1. The van der Waals surface area contributed by atoms with Crippen LogP contribution in [0.5, 0.6) is 0 Å². The summed E-state index contributed by atoms with van der Waals surface area (Å²) < 4.78 is 6.78. The fourth-order valence-electron chi connectivity index (χ4n) is 2.06. The van der Waals surface area contributed by atoms with Gasteiger partial charge in [0.05, 0.1) is 7.11 Å². The molecular weight excluding hydrogens is 230 g/mol. The van der Waals surface area contributed by atoms with Gasteiger partial charge in [-0.05, 0) is 40.2 Å². The molecule has 1 heterocycles. The van der Waals surface area contributed by atoms with Crippen molar-refractivity contribution in [2.45, 2.75) is 52.2 Å². The summed E-state index contributed by atoms with van der Waals surface area (Å²) in [5.41, 5.74) is 0.410. The molecule has 1 aromatic heterocycles. The second-order valence-electron chi connectivity index (χ2n) is 5.07. The summed E-state index contributed by atoms with van der Waals surface area (Å²) in [7, 11) is 1.42. The van der Waals surface area contributed by atoms with Crippen molar-refractivity contribution in [3.05, 3.63) is 18.0 Å². The summed E-state index contributed by atoms with van der Waals surface area (Å²) >= 11 is 0. The molecule has 5 nitrogen and oxygen atoms in total. The average Bonchev–Trinajstić information content (AvgIpc) is 2.70. The van der Waals surface area contributed by atoms with E-state index in [4.69, 9.17) is 4.74 Å². The lowest BCUT2D eigenvalue weighted by Crippen LogP contribution is -2.53. The van der Waals surface area contributed by atoms with Gasteiger partial charge < -0.3 is 4.74 Å². The molecule has 0 aliphatic rings. The highest BCUT2D eigenvalue weighted by Crippen LogP contribution is 2.15. The van der Waals surface area contributed by atoms with Gasteiger partial charge in [-0.25, -0.2) is 0 Å². The normalized spacial score (nSPS) is 14.6. The minimum atomic E-state index is -0.679. The zero-order valence-corrected chi connectivity index (χ0v) is 11.9. The number of aryl methyl sites for hydroxylation is 2. The molecular formula is C13H23N3O2. The van der Waals surface area contributed by atoms with Gasteiger partial charge in [-0.15, -0.1) is 0 Å². The quantitative estimate of drug-likeness (QED) is 0.781. The maximum absolute atomic E-state index is 11.9. The number of esters is 1. The summed E-state index contributed by atoms with van der Waals surface area (Å²) in [5.74, 6) is -0.235. The molecule has 0 aliphatic carbocycles. The molecule has 0 aliphatic heterocycles. The number of nitrogens with one attached hydrogen (secondary N) is 1. The zero-order chi connectivity index (χ0) is 13.8. The number of rotatable bonds is 6. The van der Waals surface area contributed by atoms with Crippen LogP contribution in [-0.2, 0) is 16.1 Å². The van der Waals surface area contributed by atoms with Gasteiger partial charge in [0.15, 0.2) is 0 Å². The van der Waals surface area contributed by atoms with Crippen molar-refractivity contribution in [2.24, 2.45) is 0 Å². The predicted octanol–water partition coefficient (Wildman–Crippen LogP) is 1.51. The lowest BCUT2D eigenvalue weighted by molar-refractivity contribution is -0.148. The second kappa shape index (κ2) is 6.00. The fraction of sp³-hybridized carbons (Fsp3) is 0.692. The van der Waals surface area contributed by atoms with Gasteiger partial charge in [0.25, 0.3) is 0 Å². The van der Waals surface area contributed by atoms with Crippen molar-refractivity contribution in [3.63, 3.8) is 0 Å². The molecule has 0 amide bonds. The Balaban J connectivity index is 2.73. The zero-order valence-electron chi connectivity index (χ0n) is 11.9. The Morgan fingerprint density at radius 3 is 2.72 bits per heavy atom. The molecule has 1 aromatic rings. The molecule has 0 spiro atoms. The van der Waals surface area contributed by atoms with E-state index in [1.165, 1.54) is 7.11 Å². The number of ether oxygens (including phenoxy) is 1. The first kappa shape index (κ1) is 14.7. The van der Waals surface area contributed by atoms with Crippen LogP contribution in [0.3, 0.4) is 0 Å². The van der Waals surface area contributed by atoms with Crippen molar-refractivity contribution in [1.29, 1.82) is 0 Å². The van der Waals surface area contributed by atoms with Crippen molar-refractivity contribution in [2.75, 3.05) is 7.11 Å². The monoisotopic (exact) mass is 253 g/mol. The van der Waals surface area contributed by atoms with Crippen LogP contribution in [0, 0.1) is 6.92 Å². The lowest BCUT2D eigenvalue weighted by Gasteiger charge is -2.30. The van der Waals surface area contributed by atoms with Crippen molar-refractivity contribution in [1.82, 2.24) is 15.1 Å². The Morgan fingerprint density at radius 1 is 1.61 bits per heavy atom. The van der Waals surface area contributed by atoms with E-state index in [0.717, 1.165) is 5.69 Å². The Bertz CT molecular complexity index is 401. The van der Waals surface area contributed by atoms with E-state index in [2.05, 4.69) is 10.4 Å². The van der Waals surface area contributed by atoms with Crippen molar-refractivity contribution in [3.8, 4) is 0 Å². The molecule has 0 bridgehead atoms. The first-order valence-electron chi connectivity index (χ1n) is 6.23. The van der Waals surface area contributed by atoms with Gasteiger partial charge in [0.1, 0.15) is 5.54 Å². The Hall–Kier alpha value is -1.36. The smallest absolute Gasteiger partial charge is 0.325 e. The molecule has 0 fully saturated rings. The minimum absolute atomic E-state index is 0.216. The Morgan fingerprint density at radius 2 is 2.28 bits per heavy atom. The van der Waals surface area contributed by atoms with E-state index in [-0.39, 0.29) is 12.0 Å². The van der Waals surface area contributed by atoms with E-state index >= 15 is 0 Å². The summed E-state index contributed by atoms with van der Waals surface area (Å²) in [6, 6.07) is 2.17. The highest BCUT2D eigenvalue weighted by atomic mass is 16.5. The van der Waals surface area contributed by atoms with E-state index in [9.17, 15) is 4.79 Å². The van der Waals surface area contributed by atoms with Crippen molar-refractivity contribution < 1.29 is 9.53 Å². The molecule has 1 unspecified atom stereocenters. The van der Waals surface area contributed by atoms with E-state index in [1.807, 2.05) is 38.4 Å². The highest BCUT2D eigenvalue weighted by Gasteiger charge is 2.34. The van der Waals surface area contributed by atoms with E-state index in [1.54, 1.807) is 6.20 Å². The minimum Gasteiger partial charge on any atom is -0.468 e. The Labute approximate surface area is 109 Å². The molecule has 0 radical (unpaired) electrons. The number of hydrogen-bond donors (Lipinski definition) is 1. The number of nitrogens with zero attached hydrogens (tertiary/aromatic N) is 2. The van der Waals surface area contributed by atoms with Gasteiger partial charge in [0.2, 0.25) is 0 Å². The third kappa shape index (κ3) is 3.57. The summed E-state index contributed by atoms with van der Waals surface area (Å²) in [4.78, 5) is 11.9. The van der Waals surface area contributed by atoms with Gasteiger partial charge in [0, 0.05) is 24.5 Å². The largest absolute Gasteiger partial charge is 0.468 e. The van der Waals surface area contributed by atoms with Crippen LogP contribution in [0.4, 0.5) is 0 Å². The van der Waals surface area contributed by atoms with Crippen molar-refractivity contribution >= 4 is 5.97 Å². The molecule has 1 N–H and O–H groups in total. The molecule has 5 heteroatoms. The van der Waals surface area contributed by atoms with Crippen LogP contribution in [0.2, 0.25) is 0 Å². The van der Waals surface area contributed by atoms with Crippen LogP contribution in [0.25, 0.3) is 0 Å². The SMILES string of the molecule is COC(=O)C(C)(CCn1nccc1C)NC(C)C. The average molecular weight is 253 g/mol. The van der Waals surface area contributed by atoms with E-state index < -0.39 is 5.54 Å². The number of aromatic nitrogens is 2. The predicted molar refractivity (Wildman–Crippen MR) is 70.3 cm³/mol. The first-order chi connectivity index (χ1) is 8.39. The molecule has 0 saturated heterocycles. The fourth-order valence-corrected chi connectivity index (χ4v) is 2.06. The van der Waals surface area contributed by atoms with Gasteiger partial charge in [-0.3, -0.25) is 14.8 Å². The summed E-state index contributed by atoms with van der Waals surface area (Å²) in [5, 5.41) is 7.49. The standard InChI is InChI=1S/C13H23N3O2/c1-10(2)15-13(4,12(17)18-5)7-9-16-11(3)6-8-14-16/h6,8,10,15H,7,9H2,1-5H3. The number of hydrogen-bond acceptors (Lipinski definition) is 4. The van der Waals surface area contributed by atoms with Crippen LogP contribution < -0.4 is 5.32 Å². The molecule has 0 aromatic carbocycles. The highest BCUT2D eigenvalue weighted by molar-refractivity contribution is 5.80. The molecule has 0 saturated carbocycles. The number of methoxy groups -OCH3 is 1. The third-order valence-electron chi connectivity index (χ3n) is 3.00. The van der Waals surface area contributed by atoms with Gasteiger partial charge >= 0.3 is 5.97 Å². The van der Waals surface area contributed by atoms with Crippen LogP contribution in [-0.4, -0.2) is 34.4 Å². The van der Waals surface area contributed by atoms with E-state index in [0.29, 0.717) is 13.0 Å². The van der Waals surface area contributed by atoms with Crippen LogP contribution in [0.1, 0.15) is 32.9 Å². The Kier molecular flexibility index (Phi) is 4.90. The molecule has 102 valence electrons. The summed E-state index contributed by atoms with van der Waals surface area (Å²) in [6.07, 6.45) is 2.40. The second-order valence-corrected chi connectivity index (χ2v) is 5.07. The van der Waals surface area contributed by atoms with Gasteiger partial charge in [-0.2, -0.15) is 5.10 Å². The third-order valence-corrected chi connectivity index (χ3v) is 3.00. The maximum Gasteiger partial charge on any atom is 0.325 e. The summed E-state index contributed by atoms with van der Waals surface area (Å²) in [6.45, 7) is 8.58. The lowest BCUT2D eigenvalue weighted by atomic mass is 9.96. The maximum atomic E-state index is 11.9.